The number of aromatic nitrogens is 2. The quantitative estimate of drug-likeness (QED) is 0.381. The van der Waals surface area contributed by atoms with Gasteiger partial charge in [0.1, 0.15) is 6.10 Å². The van der Waals surface area contributed by atoms with Crippen molar-refractivity contribution in [2.75, 3.05) is 13.2 Å². The molecule has 0 spiro atoms. The molecular formula is C28H26F3N3O4. The predicted octanol–water partition coefficient (Wildman–Crippen LogP) is 4.69. The van der Waals surface area contributed by atoms with E-state index in [4.69, 9.17) is 19.7 Å². The number of ether oxygens (including phenoxy) is 1. The first-order valence-electron chi connectivity index (χ1n) is 12.0. The lowest BCUT2D eigenvalue weighted by Gasteiger charge is -2.22. The molecule has 1 aliphatic heterocycles. The number of nitrogens with one attached hydrogen (secondary N) is 1. The van der Waals surface area contributed by atoms with Crippen LogP contribution in [0.3, 0.4) is 0 Å². The van der Waals surface area contributed by atoms with E-state index >= 15 is 0 Å². The fraction of sp³-hybridized carbons (Fsp3) is 0.250. The Labute approximate surface area is 216 Å². The van der Waals surface area contributed by atoms with E-state index in [1.165, 1.54) is 11.1 Å². The Balaban J connectivity index is 0.000000426. The van der Waals surface area contributed by atoms with E-state index in [1.54, 1.807) is 0 Å². The number of alkyl halides is 3. The molecule has 10 heteroatoms. The molecule has 2 N–H and O–H groups in total. The van der Waals surface area contributed by atoms with Gasteiger partial charge < -0.3 is 15.2 Å². The second kappa shape index (κ2) is 11.9. The minimum absolute atomic E-state index is 0.00389. The van der Waals surface area contributed by atoms with Crippen LogP contribution in [0.4, 0.5) is 13.2 Å². The number of hydrogen-bond acceptors (Lipinski definition) is 4. The van der Waals surface area contributed by atoms with Crippen molar-refractivity contribution < 1.29 is 32.6 Å². The third kappa shape index (κ3) is 6.98. The maximum Gasteiger partial charge on any atom is 0.490 e. The summed E-state index contributed by atoms with van der Waals surface area (Å²) in [5.41, 5.74) is 4.39. The number of nitrogens with zero attached hydrogens (tertiary/aromatic N) is 2. The number of aliphatic carboxylic acids is 1. The van der Waals surface area contributed by atoms with Crippen LogP contribution < -0.4 is 5.32 Å². The number of fused-ring (bicyclic) bond motifs is 2. The highest BCUT2D eigenvalue weighted by Crippen LogP contribution is 2.26. The van der Waals surface area contributed by atoms with Gasteiger partial charge in [-0.15, -0.1) is 0 Å². The summed E-state index contributed by atoms with van der Waals surface area (Å²) in [5.74, 6) is -2.76. The summed E-state index contributed by atoms with van der Waals surface area (Å²) in [4.78, 5) is 21.6. The number of carbonyl (C=O) groups is 2. The van der Waals surface area contributed by atoms with Crippen molar-refractivity contribution in [3.8, 4) is 0 Å². The normalized spacial score (nSPS) is 14.8. The molecule has 1 atom stereocenters. The van der Waals surface area contributed by atoms with E-state index in [2.05, 4.69) is 41.8 Å². The SMILES string of the molecule is O=C(Cc1cccc2ccccc12)NCC1OCCc2cn(Cc3ccccc3)nc21.O=C(O)C(F)(F)F. The first kappa shape index (κ1) is 26.9. The second-order valence-corrected chi connectivity index (χ2v) is 8.75. The van der Waals surface area contributed by atoms with Crippen molar-refractivity contribution in [1.82, 2.24) is 15.1 Å². The van der Waals surface area contributed by atoms with Crippen LogP contribution in [0.5, 0.6) is 0 Å². The van der Waals surface area contributed by atoms with Crippen LogP contribution in [0.2, 0.25) is 0 Å². The Hall–Kier alpha value is -4.18. The number of carbonyl (C=O) groups excluding carboxylic acids is 1. The Morgan fingerprint density at radius 3 is 2.45 bits per heavy atom. The van der Waals surface area contributed by atoms with Crippen LogP contribution in [0.1, 0.15) is 28.5 Å². The fourth-order valence-electron chi connectivity index (χ4n) is 4.23. The molecule has 2 heterocycles. The zero-order chi connectivity index (χ0) is 27.1. The van der Waals surface area contributed by atoms with Crippen molar-refractivity contribution in [3.63, 3.8) is 0 Å². The number of benzene rings is 3. The molecule has 0 aliphatic carbocycles. The fourth-order valence-corrected chi connectivity index (χ4v) is 4.23. The minimum atomic E-state index is -5.08. The van der Waals surface area contributed by atoms with Crippen LogP contribution >= 0.6 is 0 Å². The number of carboxylic acids is 1. The lowest BCUT2D eigenvalue weighted by molar-refractivity contribution is -0.192. The minimum Gasteiger partial charge on any atom is -0.475 e. The third-order valence-corrected chi connectivity index (χ3v) is 6.01. The van der Waals surface area contributed by atoms with E-state index in [0.29, 0.717) is 19.6 Å². The Morgan fingerprint density at radius 2 is 1.71 bits per heavy atom. The van der Waals surface area contributed by atoms with Gasteiger partial charge >= 0.3 is 12.1 Å². The lowest BCUT2D eigenvalue weighted by atomic mass is 10.0. The van der Waals surface area contributed by atoms with Gasteiger partial charge in [-0.3, -0.25) is 9.48 Å². The van der Waals surface area contributed by atoms with Gasteiger partial charge in [0, 0.05) is 12.7 Å². The first-order valence-corrected chi connectivity index (χ1v) is 12.0. The number of carboxylic acid groups (broad SMARTS) is 1. The molecule has 0 saturated carbocycles. The number of halogens is 3. The van der Waals surface area contributed by atoms with Crippen molar-refractivity contribution in [2.45, 2.75) is 31.7 Å². The molecule has 1 aromatic heterocycles. The third-order valence-electron chi connectivity index (χ3n) is 6.01. The van der Waals surface area contributed by atoms with E-state index in [0.717, 1.165) is 35.0 Å². The van der Waals surface area contributed by atoms with Gasteiger partial charge in [0.05, 0.1) is 25.3 Å². The van der Waals surface area contributed by atoms with Gasteiger partial charge in [0.15, 0.2) is 0 Å². The maximum absolute atomic E-state index is 12.7. The smallest absolute Gasteiger partial charge is 0.475 e. The summed E-state index contributed by atoms with van der Waals surface area (Å²) in [6.07, 6.45) is -1.98. The van der Waals surface area contributed by atoms with Crippen molar-refractivity contribution in [2.24, 2.45) is 0 Å². The van der Waals surface area contributed by atoms with Crippen LogP contribution in [0.25, 0.3) is 10.8 Å². The molecular weight excluding hydrogens is 499 g/mol. The Kier molecular flexibility index (Phi) is 8.42. The zero-order valence-electron chi connectivity index (χ0n) is 20.3. The molecule has 1 amide bonds. The molecule has 0 radical (unpaired) electrons. The van der Waals surface area contributed by atoms with Crippen LogP contribution in [-0.4, -0.2) is 46.1 Å². The monoisotopic (exact) mass is 525 g/mol. The van der Waals surface area contributed by atoms with Crippen LogP contribution in [-0.2, 0) is 33.7 Å². The first-order chi connectivity index (χ1) is 18.2. The largest absolute Gasteiger partial charge is 0.490 e. The molecule has 1 unspecified atom stereocenters. The van der Waals surface area contributed by atoms with Gasteiger partial charge in [-0.25, -0.2) is 4.79 Å². The molecule has 1 aliphatic rings. The molecule has 198 valence electrons. The number of rotatable bonds is 6. The summed E-state index contributed by atoms with van der Waals surface area (Å²) >= 11 is 0. The lowest BCUT2D eigenvalue weighted by Crippen LogP contribution is -2.32. The standard InChI is InChI=1S/C26H25N3O2.C2HF3O2/c30-25(15-21-11-6-10-20-9-4-5-12-23(20)21)27-16-24-26-22(13-14-31-24)18-29(28-26)17-19-7-2-1-3-8-19;3-2(4,5)1(6)7/h1-12,18,24H,13-17H2,(H,27,30);(H,6,7). The van der Waals surface area contributed by atoms with Gasteiger partial charge in [0.2, 0.25) is 5.91 Å². The van der Waals surface area contributed by atoms with Gasteiger partial charge in [0.25, 0.3) is 0 Å². The molecule has 5 rings (SSSR count). The zero-order valence-corrected chi connectivity index (χ0v) is 20.3. The van der Waals surface area contributed by atoms with Crippen molar-refractivity contribution in [3.05, 3.63) is 101 Å². The second-order valence-electron chi connectivity index (χ2n) is 8.75. The molecule has 0 bridgehead atoms. The van der Waals surface area contributed by atoms with E-state index in [1.807, 2.05) is 47.1 Å². The number of amides is 1. The van der Waals surface area contributed by atoms with E-state index in [-0.39, 0.29) is 12.0 Å². The maximum atomic E-state index is 12.7. The molecule has 7 nitrogen and oxygen atoms in total. The summed E-state index contributed by atoms with van der Waals surface area (Å²) in [6, 6.07) is 24.5. The molecule has 38 heavy (non-hydrogen) atoms. The average molecular weight is 526 g/mol. The van der Waals surface area contributed by atoms with Crippen molar-refractivity contribution in [1.29, 1.82) is 0 Å². The average Bonchev–Trinajstić information content (AvgIpc) is 3.31. The highest BCUT2D eigenvalue weighted by Gasteiger charge is 2.38. The van der Waals surface area contributed by atoms with Gasteiger partial charge in [-0.05, 0) is 33.9 Å². The van der Waals surface area contributed by atoms with Gasteiger partial charge in [-0.2, -0.15) is 18.3 Å². The molecule has 0 fully saturated rings. The molecule has 0 saturated heterocycles. The Morgan fingerprint density at radius 1 is 1.03 bits per heavy atom. The number of hydrogen-bond donors (Lipinski definition) is 2. The summed E-state index contributed by atoms with van der Waals surface area (Å²) in [5, 5.41) is 17.2. The van der Waals surface area contributed by atoms with Gasteiger partial charge in [-0.1, -0.05) is 72.8 Å². The van der Waals surface area contributed by atoms with E-state index in [9.17, 15) is 18.0 Å². The predicted molar refractivity (Wildman–Crippen MR) is 135 cm³/mol. The van der Waals surface area contributed by atoms with Crippen LogP contribution in [0, 0.1) is 0 Å². The Bertz CT molecular complexity index is 1400. The van der Waals surface area contributed by atoms with Crippen molar-refractivity contribution >= 4 is 22.6 Å². The topological polar surface area (TPSA) is 93.5 Å². The summed E-state index contributed by atoms with van der Waals surface area (Å²) in [6.45, 7) is 1.81. The van der Waals surface area contributed by atoms with Crippen LogP contribution in [0.15, 0.2) is 79.0 Å². The summed E-state index contributed by atoms with van der Waals surface area (Å²) < 4.78 is 39.7. The molecule has 3 aromatic carbocycles. The molecule has 4 aromatic rings. The van der Waals surface area contributed by atoms with E-state index < -0.39 is 12.1 Å². The highest BCUT2D eigenvalue weighted by molar-refractivity contribution is 5.90. The summed E-state index contributed by atoms with van der Waals surface area (Å²) in [7, 11) is 0. The highest BCUT2D eigenvalue weighted by atomic mass is 19.4.